The van der Waals surface area contributed by atoms with Crippen molar-refractivity contribution in [1.29, 1.82) is 0 Å². The van der Waals surface area contributed by atoms with Gasteiger partial charge in [-0.2, -0.15) is 0 Å². The molecule has 9 heteroatoms. The Morgan fingerprint density at radius 1 is 1.17 bits per heavy atom. The maximum Gasteiger partial charge on any atom is 0.573 e. The Bertz CT molecular complexity index is 720. The van der Waals surface area contributed by atoms with E-state index in [9.17, 15) is 23.3 Å². The molecule has 0 saturated carbocycles. The SMILES string of the molecule is N[C@@H](c1ccc(OC(F)(F)F)cc1)c1cc(Cl)ccc1[N+](=O)[O-]. The zero-order chi connectivity index (χ0) is 17.2. The van der Waals surface area contributed by atoms with E-state index in [4.69, 9.17) is 17.3 Å². The van der Waals surface area contributed by atoms with Crippen molar-refractivity contribution in [2.45, 2.75) is 12.4 Å². The molecule has 23 heavy (non-hydrogen) atoms. The molecule has 5 nitrogen and oxygen atoms in total. The lowest BCUT2D eigenvalue weighted by Crippen LogP contribution is -2.17. The fourth-order valence-electron chi connectivity index (χ4n) is 2.00. The van der Waals surface area contributed by atoms with Crippen LogP contribution in [0.2, 0.25) is 5.02 Å². The van der Waals surface area contributed by atoms with Crippen LogP contribution in [-0.2, 0) is 0 Å². The highest BCUT2D eigenvalue weighted by Crippen LogP contribution is 2.32. The Labute approximate surface area is 133 Å². The summed E-state index contributed by atoms with van der Waals surface area (Å²) in [5.74, 6) is -0.408. The first-order chi connectivity index (χ1) is 10.7. The summed E-state index contributed by atoms with van der Waals surface area (Å²) >= 11 is 5.83. The molecule has 2 aromatic rings. The summed E-state index contributed by atoms with van der Waals surface area (Å²) in [6, 6.07) is 7.78. The van der Waals surface area contributed by atoms with Gasteiger partial charge in [-0.25, -0.2) is 0 Å². The second-order valence-electron chi connectivity index (χ2n) is 4.55. The zero-order valence-electron chi connectivity index (χ0n) is 11.4. The highest BCUT2D eigenvalue weighted by atomic mass is 35.5. The second-order valence-corrected chi connectivity index (χ2v) is 4.99. The smallest absolute Gasteiger partial charge is 0.406 e. The van der Waals surface area contributed by atoms with Crippen molar-refractivity contribution in [1.82, 2.24) is 0 Å². The van der Waals surface area contributed by atoms with Gasteiger partial charge < -0.3 is 10.5 Å². The van der Waals surface area contributed by atoms with E-state index in [0.29, 0.717) is 5.56 Å². The third-order valence-electron chi connectivity index (χ3n) is 2.99. The van der Waals surface area contributed by atoms with Gasteiger partial charge in [0.1, 0.15) is 5.75 Å². The van der Waals surface area contributed by atoms with Crippen LogP contribution in [0.1, 0.15) is 17.2 Å². The van der Waals surface area contributed by atoms with Crippen molar-refractivity contribution in [3.05, 3.63) is 68.7 Å². The molecule has 0 aliphatic heterocycles. The minimum absolute atomic E-state index is 0.159. The number of alkyl halides is 3. The third-order valence-corrected chi connectivity index (χ3v) is 3.23. The maximum absolute atomic E-state index is 12.1. The Balaban J connectivity index is 2.32. The van der Waals surface area contributed by atoms with Crippen molar-refractivity contribution in [2.24, 2.45) is 5.73 Å². The molecule has 0 amide bonds. The molecular formula is C14H10ClF3N2O3. The lowest BCUT2D eigenvalue weighted by molar-refractivity contribution is -0.385. The van der Waals surface area contributed by atoms with E-state index < -0.39 is 23.1 Å². The lowest BCUT2D eigenvalue weighted by atomic mass is 9.98. The van der Waals surface area contributed by atoms with Gasteiger partial charge in [-0.1, -0.05) is 23.7 Å². The number of halogens is 4. The fourth-order valence-corrected chi connectivity index (χ4v) is 2.18. The number of ether oxygens (including phenoxy) is 1. The highest BCUT2D eigenvalue weighted by Gasteiger charge is 2.31. The Morgan fingerprint density at radius 3 is 2.30 bits per heavy atom. The summed E-state index contributed by atoms with van der Waals surface area (Å²) in [6.45, 7) is 0. The quantitative estimate of drug-likeness (QED) is 0.665. The molecule has 2 N–H and O–H groups in total. The molecule has 0 saturated heterocycles. The van der Waals surface area contributed by atoms with E-state index in [0.717, 1.165) is 12.1 Å². The molecular weight excluding hydrogens is 337 g/mol. The van der Waals surface area contributed by atoms with E-state index in [1.54, 1.807) is 0 Å². The van der Waals surface area contributed by atoms with Crippen molar-refractivity contribution in [3.8, 4) is 5.75 Å². The molecule has 0 spiro atoms. The standard InChI is InChI=1S/C14H10ClF3N2O3/c15-9-3-6-12(20(21)22)11(7-9)13(19)8-1-4-10(5-2-8)23-14(16,17)18/h1-7,13H,19H2/t13-/m0/s1. The first kappa shape index (κ1) is 17.0. The molecule has 0 fully saturated rings. The summed E-state index contributed by atoms with van der Waals surface area (Å²) in [5, 5.41) is 11.3. The van der Waals surface area contributed by atoms with Gasteiger partial charge >= 0.3 is 6.36 Å². The maximum atomic E-state index is 12.1. The number of hydrogen-bond acceptors (Lipinski definition) is 4. The largest absolute Gasteiger partial charge is 0.573 e. The summed E-state index contributed by atoms with van der Waals surface area (Å²) in [5.41, 5.74) is 6.29. The van der Waals surface area contributed by atoms with Gasteiger partial charge in [-0.3, -0.25) is 10.1 Å². The molecule has 0 unspecified atom stereocenters. The van der Waals surface area contributed by atoms with Crippen LogP contribution < -0.4 is 10.5 Å². The molecule has 1 atom stereocenters. The zero-order valence-corrected chi connectivity index (χ0v) is 12.1. The van der Waals surface area contributed by atoms with Crippen LogP contribution in [0.5, 0.6) is 5.75 Å². The normalized spacial score (nSPS) is 12.7. The molecule has 0 heterocycles. The minimum Gasteiger partial charge on any atom is -0.406 e. The summed E-state index contributed by atoms with van der Waals surface area (Å²) < 4.78 is 40.1. The molecule has 0 aliphatic carbocycles. The Morgan fingerprint density at radius 2 is 1.78 bits per heavy atom. The number of rotatable bonds is 4. The monoisotopic (exact) mass is 346 g/mol. The third kappa shape index (κ3) is 4.33. The topological polar surface area (TPSA) is 78.4 Å². The minimum atomic E-state index is -4.80. The van der Waals surface area contributed by atoms with Crippen molar-refractivity contribution in [3.63, 3.8) is 0 Å². The second kappa shape index (κ2) is 6.43. The number of nitro benzene ring substituents is 1. The lowest BCUT2D eigenvalue weighted by Gasteiger charge is -2.14. The summed E-state index contributed by atoms with van der Waals surface area (Å²) in [4.78, 5) is 10.4. The Hall–Kier alpha value is -2.32. The first-order valence-electron chi connectivity index (χ1n) is 6.22. The van der Waals surface area contributed by atoms with E-state index in [2.05, 4.69) is 4.74 Å². The van der Waals surface area contributed by atoms with Gasteiger partial charge in [-0.05, 0) is 29.8 Å². The summed E-state index contributed by atoms with van der Waals surface area (Å²) in [6.07, 6.45) is -4.80. The van der Waals surface area contributed by atoms with Crippen LogP contribution in [0.3, 0.4) is 0 Å². The average Bonchev–Trinajstić information content (AvgIpc) is 2.45. The number of nitrogens with zero attached hydrogens (tertiary/aromatic N) is 1. The molecule has 0 aliphatic rings. The van der Waals surface area contributed by atoms with Crippen LogP contribution >= 0.6 is 11.6 Å². The van der Waals surface area contributed by atoms with Crippen molar-refractivity contribution < 1.29 is 22.8 Å². The van der Waals surface area contributed by atoms with Crippen LogP contribution in [0, 0.1) is 10.1 Å². The van der Waals surface area contributed by atoms with Crippen LogP contribution in [0.4, 0.5) is 18.9 Å². The van der Waals surface area contributed by atoms with E-state index in [-0.39, 0.29) is 16.3 Å². The van der Waals surface area contributed by atoms with Gasteiger partial charge in [-0.15, -0.1) is 13.2 Å². The van der Waals surface area contributed by atoms with Gasteiger partial charge in [0.05, 0.1) is 16.5 Å². The predicted molar refractivity (Wildman–Crippen MR) is 77.3 cm³/mol. The van der Waals surface area contributed by atoms with Crippen LogP contribution in [-0.4, -0.2) is 11.3 Å². The number of hydrogen-bond donors (Lipinski definition) is 1. The van der Waals surface area contributed by atoms with Crippen molar-refractivity contribution >= 4 is 17.3 Å². The van der Waals surface area contributed by atoms with E-state index in [1.807, 2.05) is 0 Å². The van der Waals surface area contributed by atoms with E-state index in [1.165, 1.54) is 30.3 Å². The Kier molecular flexibility index (Phi) is 4.76. The van der Waals surface area contributed by atoms with Crippen LogP contribution in [0.15, 0.2) is 42.5 Å². The molecule has 2 rings (SSSR count). The molecule has 122 valence electrons. The number of benzene rings is 2. The summed E-state index contributed by atoms with van der Waals surface area (Å²) in [7, 11) is 0. The first-order valence-corrected chi connectivity index (χ1v) is 6.60. The number of nitro groups is 1. The number of nitrogens with two attached hydrogens (primary N) is 1. The van der Waals surface area contributed by atoms with Crippen LogP contribution in [0.25, 0.3) is 0 Å². The van der Waals surface area contributed by atoms with Crippen molar-refractivity contribution in [2.75, 3.05) is 0 Å². The average molecular weight is 347 g/mol. The highest BCUT2D eigenvalue weighted by molar-refractivity contribution is 6.30. The van der Waals surface area contributed by atoms with Gasteiger partial charge in [0.2, 0.25) is 0 Å². The van der Waals surface area contributed by atoms with E-state index >= 15 is 0 Å². The van der Waals surface area contributed by atoms with Gasteiger partial charge in [0.25, 0.3) is 5.69 Å². The predicted octanol–water partition coefficient (Wildman–Crippen LogP) is 4.19. The molecule has 2 aromatic carbocycles. The van der Waals surface area contributed by atoms with Gasteiger partial charge in [0.15, 0.2) is 0 Å². The molecule has 0 radical (unpaired) electrons. The molecule has 0 aromatic heterocycles. The fraction of sp³-hybridized carbons (Fsp3) is 0.143. The van der Waals surface area contributed by atoms with Gasteiger partial charge in [0, 0.05) is 11.1 Å². The molecule has 0 bridgehead atoms.